The van der Waals surface area contributed by atoms with Crippen LogP contribution in [0.25, 0.3) is 10.9 Å². The van der Waals surface area contributed by atoms with E-state index in [1.165, 1.54) is 19.4 Å². The highest BCUT2D eigenvalue weighted by Gasteiger charge is 2.44. The first-order chi connectivity index (χ1) is 32.6. The van der Waals surface area contributed by atoms with Crippen molar-refractivity contribution in [2.75, 3.05) is 13.1 Å². The lowest BCUT2D eigenvalue weighted by atomic mass is 10.0. The zero-order valence-electron chi connectivity index (χ0n) is 37.1. The van der Waals surface area contributed by atoms with Crippen molar-refractivity contribution in [3.05, 3.63) is 90.1 Å². The topological polar surface area (TPSA) is 373 Å². The van der Waals surface area contributed by atoms with E-state index in [2.05, 4.69) is 57.5 Å². The molecule has 2 bridgehead atoms. The van der Waals surface area contributed by atoms with Crippen LogP contribution in [0, 0.1) is 5.41 Å². The molecule has 2 aliphatic heterocycles. The van der Waals surface area contributed by atoms with Crippen LogP contribution in [0.15, 0.2) is 73.3 Å². The molecule has 2 aliphatic rings. The van der Waals surface area contributed by atoms with Gasteiger partial charge in [-0.25, -0.2) is 9.78 Å². The highest BCUT2D eigenvalue weighted by atomic mass is 16.2. The molecule has 0 spiro atoms. The number of para-hydroxylation sites is 1. The molecule has 24 nitrogen and oxygen atoms in total. The van der Waals surface area contributed by atoms with E-state index in [1.807, 2.05) is 18.2 Å². The van der Waals surface area contributed by atoms with Gasteiger partial charge in [-0.1, -0.05) is 48.5 Å². The van der Waals surface area contributed by atoms with Crippen LogP contribution >= 0.6 is 0 Å². The van der Waals surface area contributed by atoms with Gasteiger partial charge in [-0.05, 0) is 43.4 Å². The first-order valence-electron chi connectivity index (χ1n) is 21.9. The minimum absolute atomic E-state index is 0.0682. The van der Waals surface area contributed by atoms with Crippen LogP contribution in [0.4, 0.5) is 4.79 Å². The third-order valence-electron chi connectivity index (χ3n) is 11.5. The van der Waals surface area contributed by atoms with Crippen LogP contribution in [0.5, 0.6) is 0 Å². The Labute approximate surface area is 389 Å². The summed E-state index contributed by atoms with van der Waals surface area (Å²) < 4.78 is 0. The molecule has 68 heavy (non-hydrogen) atoms. The fourth-order valence-corrected chi connectivity index (χ4v) is 7.82. The Balaban J connectivity index is 1.37. The number of amides is 10. The summed E-state index contributed by atoms with van der Waals surface area (Å²) in [6, 6.07) is 5.21. The predicted molar refractivity (Wildman–Crippen MR) is 243 cm³/mol. The smallest absolute Gasteiger partial charge is 0.325 e. The molecule has 0 saturated carbocycles. The summed E-state index contributed by atoms with van der Waals surface area (Å²) in [5.74, 6) is -7.13. The van der Waals surface area contributed by atoms with Crippen molar-refractivity contribution in [3.8, 4) is 0 Å². The highest BCUT2D eigenvalue weighted by Crippen LogP contribution is 2.20. The summed E-state index contributed by atoms with van der Waals surface area (Å²) in [6.07, 6.45) is 3.60. The number of hydrogen-bond donors (Lipinski definition) is 13. The third kappa shape index (κ3) is 12.9. The number of aromatic nitrogens is 3. The van der Waals surface area contributed by atoms with E-state index >= 15 is 0 Å². The van der Waals surface area contributed by atoms with Gasteiger partial charge in [0.25, 0.3) is 5.91 Å². The second kappa shape index (κ2) is 22.7. The van der Waals surface area contributed by atoms with Crippen molar-refractivity contribution in [2.45, 2.75) is 94.2 Å². The van der Waals surface area contributed by atoms with Crippen LogP contribution in [0.3, 0.4) is 0 Å². The van der Waals surface area contributed by atoms with Crippen LogP contribution in [0.1, 0.15) is 49.4 Å². The Bertz CT molecular complexity index is 2510. The van der Waals surface area contributed by atoms with Crippen molar-refractivity contribution in [3.63, 3.8) is 0 Å². The zero-order valence-corrected chi connectivity index (χ0v) is 37.1. The molecule has 10 amide bonds. The standard InChI is InChI=1S/C44H55N15O9/c1-23-37(62)54-33(18-26-20-48-22-52-26)41(66)55-31(16-24-8-3-2-4-9-24)39(64)53-29(12-7-15-49-43(46)47)38(63)56-32(17-25-19-50-28-11-6-5-10-27(25)28)40(65)57-34(36(45)61)21-51-35(60)14-13-30-42(67)59(23)44(68)58-30/h2-6,8-11,19-20,22-23,29-34,50H,7,12-18,21H2,1H3,(H2,45,61)(H,48,52)(H,51,60)(H,53,64)(H,54,62)(H,55,66)(H,56,63)(H,57,65)(H,58,68)(H4,46,47,49)/t23-,29+,30+,31-,32+,33+,34+/m1/s1. The second-order valence-electron chi connectivity index (χ2n) is 16.5. The molecule has 2 aromatic heterocycles. The maximum Gasteiger partial charge on any atom is 0.325 e. The Morgan fingerprint density at radius 1 is 0.765 bits per heavy atom. The Kier molecular flexibility index (Phi) is 16.4. The number of fused-ring (bicyclic) bond motifs is 3. The molecule has 24 heteroatoms. The number of hydrogen-bond acceptors (Lipinski definition) is 11. The number of imidazole rings is 1. The van der Waals surface area contributed by atoms with Crippen molar-refractivity contribution in [2.24, 2.45) is 11.5 Å². The number of aromatic amines is 2. The van der Waals surface area contributed by atoms with Gasteiger partial charge in [-0.15, -0.1) is 0 Å². The predicted octanol–water partition coefficient (Wildman–Crippen LogP) is -2.69. The summed E-state index contributed by atoms with van der Waals surface area (Å²) >= 11 is 0. The van der Waals surface area contributed by atoms with E-state index in [0.29, 0.717) is 21.7 Å². The molecular weight excluding hydrogens is 883 g/mol. The Morgan fingerprint density at radius 2 is 1.40 bits per heavy atom. The molecule has 4 aromatic rings. The summed E-state index contributed by atoms with van der Waals surface area (Å²) in [5, 5.41) is 29.2. The third-order valence-corrected chi connectivity index (χ3v) is 11.5. The number of urea groups is 1. The number of carbonyl (C=O) groups is 9. The fraction of sp³-hybridized carbons (Fsp3) is 0.386. The fourth-order valence-electron chi connectivity index (χ4n) is 7.82. The van der Waals surface area contributed by atoms with Crippen LogP contribution in [0.2, 0.25) is 0 Å². The van der Waals surface area contributed by atoms with Gasteiger partial charge < -0.3 is 64.0 Å². The van der Waals surface area contributed by atoms with Gasteiger partial charge in [0.2, 0.25) is 41.4 Å². The van der Waals surface area contributed by atoms with Gasteiger partial charge in [-0.3, -0.25) is 48.7 Å². The number of benzene rings is 2. The van der Waals surface area contributed by atoms with E-state index in [-0.39, 0.29) is 57.5 Å². The molecule has 7 atom stereocenters. The van der Waals surface area contributed by atoms with Gasteiger partial charge in [0.15, 0.2) is 5.96 Å². The molecule has 2 saturated heterocycles. The number of primary amides is 1. The maximum atomic E-state index is 14.5. The van der Waals surface area contributed by atoms with Gasteiger partial charge in [0.05, 0.1) is 6.33 Å². The minimum Gasteiger partial charge on any atom is -0.370 e. The van der Waals surface area contributed by atoms with E-state index in [0.717, 1.165) is 10.9 Å². The summed E-state index contributed by atoms with van der Waals surface area (Å²) in [6.45, 7) is 0.907. The van der Waals surface area contributed by atoms with Crippen LogP contribution in [-0.4, -0.2) is 134 Å². The van der Waals surface area contributed by atoms with Crippen molar-refractivity contribution < 1.29 is 43.2 Å². The second-order valence-corrected chi connectivity index (χ2v) is 16.5. The number of nitrogens with one attached hydrogen (secondary N) is 11. The average Bonchev–Trinajstić information content (AvgIpc) is 4.05. The van der Waals surface area contributed by atoms with Crippen molar-refractivity contribution >= 4 is 70.2 Å². The quantitative estimate of drug-likeness (QED) is 0.0317. The number of carbonyl (C=O) groups excluding carboxylic acids is 9. The van der Waals surface area contributed by atoms with Crippen molar-refractivity contribution in [1.82, 2.24) is 62.4 Å². The normalized spacial score (nSPS) is 23.8. The summed E-state index contributed by atoms with van der Waals surface area (Å²) in [7, 11) is 0. The number of H-pyrrole nitrogens is 2. The minimum atomic E-state index is -1.49. The van der Waals surface area contributed by atoms with Gasteiger partial charge >= 0.3 is 6.03 Å². The molecular formula is C44H55N15O9. The molecule has 0 radical (unpaired) electrons. The lowest BCUT2D eigenvalue weighted by molar-refractivity contribution is -0.137. The number of nitrogens with two attached hydrogens (primary N) is 2. The molecule has 0 aliphatic carbocycles. The zero-order chi connectivity index (χ0) is 48.9. The first kappa shape index (κ1) is 49.1. The number of rotatable bonds is 11. The van der Waals surface area contributed by atoms with Gasteiger partial charge in [0.1, 0.15) is 42.3 Å². The number of nitrogens with zero attached hydrogens (tertiary/aromatic N) is 2. The van der Waals surface area contributed by atoms with E-state index < -0.39 is 102 Å². The molecule has 6 rings (SSSR count). The monoisotopic (exact) mass is 937 g/mol. The average molecular weight is 938 g/mol. The molecule has 0 unspecified atom stereocenters. The van der Waals surface area contributed by atoms with Crippen molar-refractivity contribution in [1.29, 1.82) is 5.41 Å². The summed E-state index contributed by atoms with van der Waals surface area (Å²) in [4.78, 5) is 135. The van der Waals surface area contributed by atoms with Crippen LogP contribution < -0.4 is 54.0 Å². The molecule has 15 N–H and O–H groups in total. The lowest BCUT2D eigenvalue weighted by Crippen LogP contribution is -2.61. The number of imide groups is 1. The Morgan fingerprint density at radius 3 is 2.09 bits per heavy atom. The largest absolute Gasteiger partial charge is 0.370 e. The molecule has 360 valence electrons. The highest BCUT2D eigenvalue weighted by molar-refractivity contribution is 6.08. The van der Waals surface area contributed by atoms with E-state index in [9.17, 15) is 43.2 Å². The van der Waals surface area contributed by atoms with E-state index in [1.54, 1.807) is 42.6 Å². The molecule has 2 aromatic carbocycles. The van der Waals surface area contributed by atoms with Gasteiger partial charge in [-0.2, -0.15) is 0 Å². The molecule has 4 heterocycles. The lowest BCUT2D eigenvalue weighted by Gasteiger charge is -2.28. The maximum absolute atomic E-state index is 14.5. The molecule has 2 fully saturated rings. The SMILES string of the molecule is C[C@@H]1C(=O)N[C@@H](Cc2cnc[nH]2)C(=O)N[C@H](Cc2ccccc2)C(=O)N[C@@H](CCCNC(=N)N)C(=O)N[C@@H](Cc2c[nH]c3ccccc23)C(=O)N[C@H](C(N)=O)CNC(=O)CC[C@@H]2NC(=O)N1C2=O. The first-order valence-corrected chi connectivity index (χ1v) is 21.9. The number of guanidine groups is 1. The van der Waals surface area contributed by atoms with Crippen LogP contribution in [-0.2, 0) is 57.6 Å². The summed E-state index contributed by atoms with van der Waals surface area (Å²) in [5.41, 5.74) is 13.5. The van der Waals surface area contributed by atoms with Gasteiger partial charge in [0, 0.05) is 67.8 Å². The van der Waals surface area contributed by atoms with E-state index in [4.69, 9.17) is 16.9 Å². The Hall–Kier alpha value is -8.31.